The van der Waals surface area contributed by atoms with Crippen LogP contribution in [0.2, 0.25) is 0 Å². The topological polar surface area (TPSA) is 83.7 Å². The molecule has 158 valence electrons. The number of aryl methyl sites for hydroxylation is 1. The standard InChI is InChI=1S/C22H31N3O4/c1-7-9-17-19(22(27)29-6)14(2)24-20(17)21(26)23-13-18(25(3)4)15-10-8-11-16(12-15)28-5/h8,10-12,18,24H,7,9,13H2,1-6H3,(H,23,26). The second-order valence-corrected chi connectivity index (χ2v) is 7.19. The molecule has 7 heteroatoms. The van der Waals surface area contributed by atoms with Crippen molar-refractivity contribution < 1.29 is 19.1 Å². The molecule has 2 aromatic rings. The van der Waals surface area contributed by atoms with E-state index in [9.17, 15) is 9.59 Å². The lowest BCUT2D eigenvalue weighted by Gasteiger charge is -2.25. The minimum atomic E-state index is -0.427. The summed E-state index contributed by atoms with van der Waals surface area (Å²) >= 11 is 0. The predicted octanol–water partition coefficient (Wildman–Crippen LogP) is 3.10. The van der Waals surface area contributed by atoms with E-state index in [1.54, 1.807) is 14.0 Å². The monoisotopic (exact) mass is 401 g/mol. The van der Waals surface area contributed by atoms with Crippen LogP contribution < -0.4 is 10.1 Å². The fourth-order valence-corrected chi connectivity index (χ4v) is 3.47. The number of rotatable bonds is 9. The summed E-state index contributed by atoms with van der Waals surface area (Å²) in [4.78, 5) is 30.3. The molecule has 1 amide bonds. The van der Waals surface area contributed by atoms with Gasteiger partial charge in [-0.05, 0) is 50.7 Å². The maximum absolute atomic E-state index is 13.0. The van der Waals surface area contributed by atoms with Gasteiger partial charge < -0.3 is 24.7 Å². The molecular weight excluding hydrogens is 370 g/mol. The van der Waals surface area contributed by atoms with Gasteiger partial charge >= 0.3 is 5.97 Å². The Morgan fingerprint density at radius 1 is 1.24 bits per heavy atom. The smallest absolute Gasteiger partial charge is 0.339 e. The first-order valence-electron chi connectivity index (χ1n) is 9.72. The van der Waals surface area contributed by atoms with Crippen molar-refractivity contribution in [3.8, 4) is 5.75 Å². The molecule has 1 heterocycles. The maximum atomic E-state index is 13.0. The molecule has 0 aliphatic rings. The number of aromatic nitrogens is 1. The van der Waals surface area contributed by atoms with E-state index < -0.39 is 5.97 Å². The zero-order valence-corrected chi connectivity index (χ0v) is 18.1. The summed E-state index contributed by atoms with van der Waals surface area (Å²) in [5.74, 6) is 0.110. The largest absolute Gasteiger partial charge is 0.497 e. The summed E-state index contributed by atoms with van der Waals surface area (Å²) in [5, 5.41) is 3.01. The van der Waals surface area contributed by atoms with E-state index in [1.807, 2.05) is 50.2 Å². The molecule has 1 aromatic heterocycles. The average Bonchev–Trinajstić information content (AvgIpc) is 3.03. The zero-order valence-electron chi connectivity index (χ0n) is 18.1. The van der Waals surface area contributed by atoms with E-state index in [1.165, 1.54) is 7.11 Å². The molecule has 0 aliphatic carbocycles. The lowest BCUT2D eigenvalue weighted by atomic mass is 10.0. The lowest BCUT2D eigenvalue weighted by Crippen LogP contribution is -2.35. The van der Waals surface area contributed by atoms with Gasteiger partial charge in [0.25, 0.3) is 5.91 Å². The van der Waals surface area contributed by atoms with Crippen molar-refractivity contribution in [2.45, 2.75) is 32.7 Å². The van der Waals surface area contributed by atoms with Crippen LogP contribution in [0.15, 0.2) is 24.3 Å². The van der Waals surface area contributed by atoms with Crippen molar-refractivity contribution in [2.75, 3.05) is 34.9 Å². The molecule has 0 radical (unpaired) electrons. The number of methoxy groups -OCH3 is 2. The highest BCUT2D eigenvalue weighted by molar-refractivity contribution is 6.00. The Bertz CT molecular complexity index is 858. The number of carbonyl (C=O) groups excluding carboxylic acids is 2. The number of nitrogens with zero attached hydrogens (tertiary/aromatic N) is 1. The number of hydrogen-bond acceptors (Lipinski definition) is 5. The zero-order chi connectivity index (χ0) is 21.6. The number of amides is 1. The molecule has 2 N–H and O–H groups in total. The third-order valence-corrected chi connectivity index (χ3v) is 4.97. The third-order valence-electron chi connectivity index (χ3n) is 4.97. The van der Waals surface area contributed by atoms with Crippen LogP contribution in [0.1, 0.15) is 57.1 Å². The average molecular weight is 402 g/mol. The summed E-state index contributed by atoms with van der Waals surface area (Å²) < 4.78 is 10.2. The van der Waals surface area contributed by atoms with Crippen LogP contribution in [-0.4, -0.2) is 56.6 Å². The number of nitrogens with one attached hydrogen (secondary N) is 2. The third kappa shape index (κ3) is 5.17. The first kappa shape index (κ1) is 22.5. The Hall–Kier alpha value is -2.80. The highest BCUT2D eigenvalue weighted by Crippen LogP contribution is 2.24. The molecule has 0 saturated heterocycles. The van der Waals surface area contributed by atoms with Crippen LogP contribution in [0.25, 0.3) is 0 Å². The molecule has 0 saturated carbocycles. The first-order chi connectivity index (χ1) is 13.8. The summed E-state index contributed by atoms with van der Waals surface area (Å²) in [6.45, 7) is 4.20. The Morgan fingerprint density at radius 2 is 1.97 bits per heavy atom. The van der Waals surface area contributed by atoms with E-state index in [0.29, 0.717) is 35.5 Å². The van der Waals surface area contributed by atoms with E-state index in [4.69, 9.17) is 9.47 Å². The highest BCUT2D eigenvalue weighted by atomic mass is 16.5. The summed E-state index contributed by atoms with van der Waals surface area (Å²) in [6, 6.07) is 7.77. The second kappa shape index (κ2) is 10.1. The number of carbonyl (C=O) groups is 2. The fraction of sp³-hybridized carbons (Fsp3) is 0.455. The van der Waals surface area contributed by atoms with E-state index >= 15 is 0 Å². The van der Waals surface area contributed by atoms with Crippen LogP contribution in [0.3, 0.4) is 0 Å². The number of likely N-dealkylation sites (N-methyl/N-ethyl adjacent to an activating group) is 1. The highest BCUT2D eigenvalue weighted by Gasteiger charge is 2.25. The van der Waals surface area contributed by atoms with Gasteiger partial charge in [0.15, 0.2) is 0 Å². The number of hydrogen-bond donors (Lipinski definition) is 2. The number of aromatic amines is 1. The number of benzene rings is 1. The molecule has 0 aliphatic heterocycles. The summed E-state index contributed by atoms with van der Waals surface area (Å²) in [5.41, 5.74) is 3.27. The fourth-order valence-electron chi connectivity index (χ4n) is 3.47. The van der Waals surface area contributed by atoms with E-state index in [0.717, 1.165) is 17.7 Å². The van der Waals surface area contributed by atoms with Crippen molar-refractivity contribution in [2.24, 2.45) is 0 Å². The summed E-state index contributed by atoms with van der Waals surface area (Å²) in [7, 11) is 6.91. The van der Waals surface area contributed by atoms with Gasteiger partial charge in [-0.1, -0.05) is 25.5 Å². The normalized spacial score (nSPS) is 12.0. The van der Waals surface area contributed by atoms with Crippen LogP contribution in [-0.2, 0) is 11.2 Å². The number of H-pyrrole nitrogens is 1. The molecule has 1 unspecified atom stereocenters. The van der Waals surface area contributed by atoms with Gasteiger partial charge in [0.05, 0.1) is 25.8 Å². The van der Waals surface area contributed by atoms with Gasteiger partial charge in [0, 0.05) is 12.2 Å². The molecular formula is C22H31N3O4. The van der Waals surface area contributed by atoms with Crippen molar-refractivity contribution in [1.82, 2.24) is 15.2 Å². The van der Waals surface area contributed by atoms with Gasteiger partial charge in [-0.25, -0.2) is 4.79 Å². The summed E-state index contributed by atoms with van der Waals surface area (Å²) in [6.07, 6.45) is 1.43. The van der Waals surface area contributed by atoms with Crippen LogP contribution in [0.4, 0.5) is 0 Å². The van der Waals surface area contributed by atoms with Gasteiger partial charge in [0.2, 0.25) is 0 Å². The molecule has 2 rings (SSSR count). The second-order valence-electron chi connectivity index (χ2n) is 7.19. The van der Waals surface area contributed by atoms with Gasteiger partial charge in [-0.15, -0.1) is 0 Å². The minimum Gasteiger partial charge on any atom is -0.497 e. The molecule has 29 heavy (non-hydrogen) atoms. The van der Waals surface area contributed by atoms with Crippen molar-refractivity contribution >= 4 is 11.9 Å². The van der Waals surface area contributed by atoms with Gasteiger partial charge in [-0.2, -0.15) is 0 Å². The lowest BCUT2D eigenvalue weighted by molar-refractivity contribution is 0.0599. The first-order valence-corrected chi connectivity index (χ1v) is 9.72. The van der Waals surface area contributed by atoms with Crippen LogP contribution in [0, 0.1) is 6.92 Å². The van der Waals surface area contributed by atoms with Crippen molar-refractivity contribution in [3.63, 3.8) is 0 Å². The molecule has 1 atom stereocenters. The van der Waals surface area contributed by atoms with Gasteiger partial charge in [0.1, 0.15) is 11.4 Å². The Labute approximate surface area is 172 Å². The van der Waals surface area contributed by atoms with E-state index in [-0.39, 0.29) is 11.9 Å². The molecule has 0 spiro atoms. The van der Waals surface area contributed by atoms with Crippen LogP contribution >= 0.6 is 0 Å². The minimum absolute atomic E-state index is 0.0280. The molecule has 0 fully saturated rings. The molecule has 0 bridgehead atoms. The molecule has 1 aromatic carbocycles. The van der Waals surface area contributed by atoms with E-state index in [2.05, 4.69) is 10.3 Å². The molecule has 7 nitrogen and oxygen atoms in total. The number of ether oxygens (including phenoxy) is 2. The SMILES string of the molecule is CCCc1c(C(=O)NCC(c2cccc(OC)c2)N(C)C)[nH]c(C)c1C(=O)OC. The maximum Gasteiger partial charge on any atom is 0.339 e. The predicted molar refractivity (Wildman–Crippen MR) is 113 cm³/mol. The van der Waals surface area contributed by atoms with Crippen molar-refractivity contribution in [1.29, 1.82) is 0 Å². The van der Waals surface area contributed by atoms with Gasteiger partial charge in [-0.3, -0.25) is 4.79 Å². The Morgan fingerprint density at radius 3 is 2.55 bits per heavy atom. The quantitative estimate of drug-likeness (QED) is 0.631. The number of esters is 1. The Balaban J connectivity index is 2.25. The Kier molecular flexibility index (Phi) is 7.84. The van der Waals surface area contributed by atoms with Crippen molar-refractivity contribution in [3.05, 3.63) is 52.3 Å². The van der Waals surface area contributed by atoms with Crippen LogP contribution in [0.5, 0.6) is 5.75 Å².